The van der Waals surface area contributed by atoms with Gasteiger partial charge in [0.2, 0.25) is 15.9 Å². The maximum Gasteiger partial charge on any atom is 0.404 e. The molecule has 0 unspecified atom stereocenters. The van der Waals surface area contributed by atoms with E-state index in [0.717, 1.165) is 0 Å². The normalized spacial score (nSPS) is 21.6. The summed E-state index contributed by atoms with van der Waals surface area (Å²) >= 11 is 0. The van der Waals surface area contributed by atoms with Crippen molar-refractivity contribution >= 4 is 15.9 Å². The highest BCUT2D eigenvalue weighted by molar-refractivity contribution is 7.89. The molecule has 2 aromatic rings. The van der Waals surface area contributed by atoms with Crippen molar-refractivity contribution in [3.05, 3.63) is 35.2 Å². The number of alkyl halides is 5. The molecule has 1 amide bonds. The molecule has 0 radical (unpaired) electrons. The molecule has 2 atom stereocenters. The minimum Gasteiger partial charge on any atom is -0.415 e. The van der Waals surface area contributed by atoms with Crippen LogP contribution in [0.25, 0.3) is 11.5 Å². The van der Waals surface area contributed by atoms with Gasteiger partial charge < -0.3 is 9.32 Å². The van der Waals surface area contributed by atoms with Gasteiger partial charge in [-0.3, -0.25) is 4.79 Å². The number of nitrogens with one attached hydrogen (secondary N) is 1. The number of benzene rings is 1. The molecule has 2 aliphatic rings. The van der Waals surface area contributed by atoms with Gasteiger partial charge in [-0.2, -0.15) is 22.0 Å². The number of aromatic nitrogens is 2. The maximum absolute atomic E-state index is 13.1. The van der Waals surface area contributed by atoms with Gasteiger partial charge in [0.1, 0.15) is 0 Å². The molecule has 8 nitrogen and oxygen atoms in total. The first-order valence-electron chi connectivity index (χ1n) is 10.1. The van der Waals surface area contributed by atoms with Gasteiger partial charge in [-0.1, -0.05) is 18.9 Å². The summed E-state index contributed by atoms with van der Waals surface area (Å²) in [5, 5.41) is 6.81. The van der Waals surface area contributed by atoms with E-state index in [4.69, 9.17) is 4.42 Å². The Morgan fingerprint density at radius 2 is 1.91 bits per heavy atom. The standard InChI is InChI=1S/C19H19F5N4O4S/c20-15(21)17-26-25-16(32-17)10-5-6-11-8-28(18(29)12(11)7-10)14-4-2-1-3-13(14)27-33(30,31)9-19(22,23)24/h5-7,13-15,27H,1-4,8-9H2/t13-,14-/m1/s1. The number of halogens is 5. The summed E-state index contributed by atoms with van der Waals surface area (Å²) in [4.78, 5) is 14.6. The Hall–Kier alpha value is -2.61. The van der Waals surface area contributed by atoms with Crippen LogP contribution in [-0.2, 0) is 16.6 Å². The van der Waals surface area contributed by atoms with Gasteiger partial charge in [-0.15, -0.1) is 10.2 Å². The van der Waals surface area contributed by atoms with E-state index in [-0.39, 0.29) is 23.6 Å². The molecule has 1 aromatic heterocycles. The first-order chi connectivity index (χ1) is 15.4. The van der Waals surface area contributed by atoms with E-state index in [2.05, 4.69) is 14.9 Å². The monoisotopic (exact) mass is 494 g/mol. The zero-order valence-electron chi connectivity index (χ0n) is 17.0. The first kappa shape index (κ1) is 23.5. The van der Waals surface area contributed by atoms with Crippen LogP contribution < -0.4 is 4.72 Å². The molecule has 1 saturated carbocycles. The van der Waals surface area contributed by atoms with E-state index in [1.807, 2.05) is 0 Å². The SMILES string of the molecule is O=C1c2cc(-c3nnc(C(F)F)o3)ccc2CN1[C@@H]1CCCC[C@H]1NS(=O)(=O)CC(F)(F)F. The molecule has 2 heterocycles. The van der Waals surface area contributed by atoms with Crippen molar-refractivity contribution in [2.75, 3.05) is 5.75 Å². The highest BCUT2D eigenvalue weighted by atomic mass is 32.2. The topological polar surface area (TPSA) is 105 Å². The largest absolute Gasteiger partial charge is 0.415 e. The van der Waals surface area contributed by atoms with Crippen LogP contribution in [0.1, 0.15) is 53.9 Å². The Morgan fingerprint density at radius 1 is 1.18 bits per heavy atom. The summed E-state index contributed by atoms with van der Waals surface area (Å²) in [6, 6.07) is 3.07. The number of amides is 1. The van der Waals surface area contributed by atoms with Crippen molar-refractivity contribution in [3.8, 4) is 11.5 Å². The second-order valence-electron chi connectivity index (χ2n) is 8.00. The highest BCUT2D eigenvalue weighted by Gasteiger charge is 2.42. The van der Waals surface area contributed by atoms with Crippen molar-refractivity contribution < 1.29 is 39.6 Å². The van der Waals surface area contributed by atoms with Crippen LogP contribution in [-0.4, -0.2) is 53.4 Å². The van der Waals surface area contributed by atoms with Crippen LogP contribution in [0.3, 0.4) is 0 Å². The Balaban J connectivity index is 1.55. The van der Waals surface area contributed by atoms with E-state index in [0.29, 0.717) is 31.2 Å². The van der Waals surface area contributed by atoms with Gasteiger partial charge in [-0.25, -0.2) is 13.1 Å². The van der Waals surface area contributed by atoms with Crippen LogP contribution in [0, 0.1) is 0 Å². The van der Waals surface area contributed by atoms with Crippen LogP contribution in [0.2, 0.25) is 0 Å². The van der Waals surface area contributed by atoms with Crippen molar-refractivity contribution in [2.45, 2.75) is 56.9 Å². The van der Waals surface area contributed by atoms with Crippen LogP contribution in [0.5, 0.6) is 0 Å². The number of hydrogen-bond donors (Lipinski definition) is 1. The Morgan fingerprint density at radius 3 is 2.58 bits per heavy atom. The van der Waals surface area contributed by atoms with Gasteiger partial charge in [0.25, 0.3) is 11.8 Å². The highest BCUT2D eigenvalue weighted by Crippen LogP contribution is 2.34. The molecule has 0 saturated heterocycles. The molecule has 1 aromatic carbocycles. The van der Waals surface area contributed by atoms with Gasteiger partial charge in [-0.05, 0) is 30.5 Å². The lowest BCUT2D eigenvalue weighted by Crippen LogP contribution is -2.54. The van der Waals surface area contributed by atoms with Crippen LogP contribution >= 0.6 is 0 Å². The third-order valence-electron chi connectivity index (χ3n) is 5.63. The molecule has 4 rings (SSSR count). The summed E-state index contributed by atoms with van der Waals surface area (Å²) in [6.07, 6.45) is -5.81. The fourth-order valence-electron chi connectivity index (χ4n) is 4.27. The van der Waals surface area contributed by atoms with Crippen molar-refractivity contribution in [2.24, 2.45) is 0 Å². The number of hydrogen-bond acceptors (Lipinski definition) is 6. The molecule has 1 aliphatic heterocycles. The van der Waals surface area contributed by atoms with E-state index in [1.54, 1.807) is 6.07 Å². The summed E-state index contributed by atoms with van der Waals surface area (Å²) in [6.45, 7) is 0.142. The zero-order chi connectivity index (χ0) is 24.0. The first-order valence-corrected chi connectivity index (χ1v) is 11.7. The quantitative estimate of drug-likeness (QED) is 0.617. The zero-order valence-corrected chi connectivity index (χ0v) is 17.8. The third kappa shape index (κ3) is 5.16. The van der Waals surface area contributed by atoms with Gasteiger partial charge in [0.15, 0.2) is 5.75 Å². The molecule has 1 N–H and O–H groups in total. The molecule has 0 bridgehead atoms. The average molecular weight is 494 g/mol. The van der Waals surface area contributed by atoms with Crippen molar-refractivity contribution in [1.82, 2.24) is 19.8 Å². The fourth-order valence-corrected chi connectivity index (χ4v) is 5.52. The van der Waals surface area contributed by atoms with Crippen molar-refractivity contribution in [1.29, 1.82) is 0 Å². The second kappa shape index (κ2) is 8.63. The molecular formula is C19H19F5N4O4S. The lowest BCUT2D eigenvalue weighted by molar-refractivity contribution is -0.106. The predicted octanol–water partition coefficient (Wildman–Crippen LogP) is 3.42. The Labute approximate surface area is 185 Å². The number of nitrogens with zero attached hydrogens (tertiary/aromatic N) is 3. The van der Waals surface area contributed by atoms with E-state index in [1.165, 1.54) is 17.0 Å². The summed E-state index contributed by atoms with van der Waals surface area (Å²) in [5.41, 5.74) is 1.13. The van der Waals surface area contributed by atoms with E-state index >= 15 is 0 Å². The predicted molar refractivity (Wildman–Crippen MR) is 104 cm³/mol. The molecule has 180 valence electrons. The summed E-state index contributed by atoms with van der Waals surface area (Å²) < 4.78 is 94.4. The number of sulfonamides is 1. The number of fused-ring (bicyclic) bond motifs is 1. The van der Waals surface area contributed by atoms with Crippen LogP contribution in [0.15, 0.2) is 22.6 Å². The molecule has 1 fully saturated rings. The maximum atomic E-state index is 13.1. The molecule has 1 aliphatic carbocycles. The minimum absolute atomic E-state index is 0.142. The smallest absolute Gasteiger partial charge is 0.404 e. The van der Waals surface area contributed by atoms with E-state index < -0.39 is 52.3 Å². The fraction of sp³-hybridized carbons (Fsp3) is 0.526. The van der Waals surface area contributed by atoms with Gasteiger partial charge in [0, 0.05) is 29.8 Å². The van der Waals surface area contributed by atoms with Crippen molar-refractivity contribution in [3.63, 3.8) is 0 Å². The molecule has 14 heteroatoms. The minimum atomic E-state index is -4.88. The van der Waals surface area contributed by atoms with Crippen LogP contribution in [0.4, 0.5) is 22.0 Å². The van der Waals surface area contributed by atoms with E-state index in [9.17, 15) is 35.2 Å². The average Bonchev–Trinajstić information content (AvgIpc) is 3.32. The number of carbonyl (C=O) groups excluding carboxylic acids is 1. The molecule has 33 heavy (non-hydrogen) atoms. The Bertz CT molecular complexity index is 1150. The summed E-state index contributed by atoms with van der Waals surface area (Å²) in [7, 11) is -4.64. The van der Waals surface area contributed by atoms with Gasteiger partial charge in [0.05, 0.1) is 0 Å². The lowest BCUT2D eigenvalue weighted by atomic mass is 9.90. The number of carbonyl (C=O) groups is 1. The third-order valence-corrected chi connectivity index (χ3v) is 7.00. The number of rotatable bonds is 6. The van der Waals surface area contributed by atoms with Gasteiger partial charge >= 0.3 is 12.6 Å². The molecular weight excluding hydrogens is 475 g/mol. The lowest BCUT2D eigenvalue weighted by Gasteiger charge is -2.38. The second-order valence-corrected chi connectivity index (χ2v) is 9.76. The summed E-state index contributed by atoms with van der Waals surface area (Å²) in [5.74, 6) is -3.47. The molecule has 0 spiro atoms. The Kier molecular flexibility index (Phi) is 6.16.